The third-order valence-electron chi connectivity index (χ3n) is 2.54. The minimum atomic E-state index is -0.128. The molecule has 0 aliphatic carbocycles. The number of halogens is 3. The second-order valence-electron chi connectivity index (χ2n) is 3.75. The second-order valence-corrected chi connectivity index (χ2v) is 7.20. The molecule has 0 amide bonds. The summed E-state index contributed by atoms with van der Waals surface area (Å²) >= 11 is 14.4. The van der Waals surface area contributed by atoms with Crippen LogP contribution in [0, 0.1) is 6.92 Å². The standard InChI is InChI=1S/C12H10Br2ClNS/c1-6-4-7(13)2-3-8(6)11(16)10-5-9(14)12(15)17-10/h2-5,11H,16H2,1H3. The van der Waals surface area contributed by atoms with Crippen molar-refractivity contribution in [3.8, 4) is 0 Å². The highest BCUT2D eigenvalue weighted by molar-refractivity contribution is 9.10. The molecule has 1 atom stereocenters. The van der Waals surface area contributed by atoms with E-state index in [1.807, 2.05) is 18.2 Å². The highest BCUT2D eigenvalue weighted by Crippen LogP contribution is 2.37. The van der Waals surface area contributed by atoms with Gasteiger partial charge < -0.3 is 5.73 Å². The Bertz CT molecular complexity index is 534. The van der Waals surface area contributed by atoms with E-state index >= 15 is 0 Å². The highest BCUT2D eigenvalue weighted by Gasteiger charge is 2.15. The molecule has 0 aliphatic heterocycles. The maximum absolute atomic E-state index is 6.27. The Hall–Kier alpha value is 0.130. The van der Waals surface area contributed by atoms with Gasteiger partial charge in [0.1, 0.15) is 4.34 Å². The summed E-state index contributed by atoms with van der Waals surface area (Å²) in [5, 5.41) is 0. The molecule has 1 heterocycles. The summed E-state index contributed by atoms with van der Waals surface area (Å²) in [5.74, 6) is 0. The molecule has 0 saturated carbocycles. The molecule has 1 aromatic heterocycles. The largest absolute Gasteiger partial charge is 0.320 e. The number of aryl methyl sites for hydroxylation is 1. The van der Waals surface area contributed by atoms with Gasteiger partial charge >= 0.3 is 0 Å². The smallest absolute Gasteiger partial charge is 0.107 e. The molecule has 0 bridgehead atoms. The molecular weight excluding hydrogens is 385 g/mol. The molecule has 17 heavy (non-hydrogen) atoms. The van der Waals surface area contributed by atoms with Crippen molar-refractivity contribution in [2.24, 2.45) is 5.73 Å². The van der Waals surface area contributed by atoms with Gasteiger partial charge in [0, 0.05) is 13.8 Å². The summed E-state index contributed by atoms with van der Waals surface area (Å²) in [6.45, 7) is 2.06. The van der Waals surface area contributed by atoms with Gasteiger partial charge in [-0.1, -0.05) is 33.6 Å². The molecule has 2 aromatic rings. The zero-order valence-corrected chi connectivity index (χ0v) is 13.8. The lowest BCUT2D eigenvalue weighted by Gasteiger charge is -2.13. The Morgan fingerprint density at radius 2 is 2.00 bits per heavy atom. The quantitative estimate of drug-likeness (QED) is 0.735. The summed E-state index contributed by atoms with van der Waals surface area (Å²) in [6, 6.07) is 7.98. The topological polar surface area (TPSA) is 26.0 Å². The molecule has 90 valence electrons. The Balaban J connectivity index is 2.39. The normalized spacial score (nSPS) is 12.8. The molecule has 0 fully saturated rings. The van der Waals surface area contributed by atoms with Crippen molar-refractivity contribution in [3.63, 3.8) is 0 Å². The number of hydrogen-bond donors (Lipinski definition) is 1. The van der Waals surface area contributed by atoms with Crippen LogP contribution in [0.25, 0.3) is 0 Å². The maximum atomic E-state index is 6.27. The van der Waals surface area contributed by atoms with E-state index in [2.05, 4.69) is 44.8 Å². The first-order valence-electron chi connectivity index (χ1n) is 4.95. The van der Waals surface area contributed by atoms with E-state index in [4.69, 9.17) is 17.3 Å². The molecule has 1 aromatic carbocycles. The fourth-order valence-corrected chi connectivity index (χ4v) is 3.89. The van der Waals surface area contributed by atoms with Crippen molar-refractivity contribution >= 4 is 54.8 Å². The van der Waals surface area contributed by atoms with Gasteiger partial charge in [0.2, 0.25) is 0 Å². The molecule has 0 spiro atoms. The van der Waals surface area contributed by atoms with Gasteiger partial charge in [0.25, 0.3) is 0 Å². The molecule has 5 heteroatoms. The average Bonchev–Trinajstić information content (AvgIpc) is 2.58. The van der Waals surface area contributed by atoms with E-state index in [-0.39, 0.29) is 6.04 Å². The minimum Gasteiger partial charge on any atom is -0.320 e. The van der Waals surface area contributed by atoms with Gasteiger partial charge in [0.15, 0.2) is 0 Å². The first kappa shape index (κ1) is 13.6. The number of thiophene rings is 1. The van der Waals surface area contributed by atoms with Crippen LogP contribution in [0.3, 0.4) is 0 Å². The SMILES string of the molecule is Cc1cc(Br)ccc1C(N)c1cc(Br)c(Cl)s1. The van der Waals surface area contributed by atoms with Crippen LogP contribution in [0.2, 0.25) is 4.34 Å². The molecule has 1 unspecified atom stereocenters. The van der Waals surface area contributed by atoms with Crippen LogP contribution in [-0.2, 0) is 0 Å². The lowest BCUT2D eigenvalue weighted by Crippen LogP contribution is -2.11. The average molecular weight is 396 g/mol. The van der Waals surface area contributed by atoms with E-state index in [0.29, 0.717) is 0 Å². The fraction of sp³-hybridized carbons (Fsp3) is 0.167. The predicted molar refractivity (Wildman–Crippen MR) is 81.9 cm³/mol. The zero-order chi connectivity index (χ0) is 12.6. The van der Waals surface area contributed by atoms with Gasteiger partial charge in [-0.05, 0) is 52.2 Å². The molecule has 0 saturated heterocycles. The Morgan fingerprint density at radius 3 is 2.53 bits per heavy atom. The highest BCUT2D eigenvalue weighted by atomic mass is 79.9. The molecule has 0 radical (unpaired) electrons. The minimum absolute atomic E-state index is 0.128. The molecule has 2 N–H and O–H groups in total. The lowest BCUT2D eigenvalue weighted by molar-refractivity contribution is 0.881. The van der Waals surface area contributed by atoms with Gasteiger partial charge in [-0.25, -0.2) is 0 Å². The summed E-state index contributed by atoms with van der Waals surface area (Å²) in [5.41, 5.74) is 8.56. The van der Waals surface area contributed by atoms with Crippen LogP contribution in [-0.4, -0.2) is 0 Å². The number of rotatable bonds is 2. The van der Waals surface area contributed by atoms with Crippen LogP contribution in [0.5, 0.6) is 0 Å². The van der Waals surface area contributed by atoms with Crippen molar-refractivity contribution in [1.29, 1.82) is 0 Å². The van der Waals surface area contributed by atoms with Crippen molar-refractivity contribution in [2.75, 3.05) is 0 Å². The van der Waals surface area contributed by atoms with Crippen molar-refractivity contribution < 1.29 is 0 Å². The first-order valence-corrected chi connectivity index (χ1v) is 7.73. The first-order chi connectivity index (χ1) is 7.99. The van der Waals surface area contributed by atoms with Crippen LogP contribution in [0.4, 0.5) is 0 Å². The lowest BCUT2D eigenvalue weighted by atomic mass is 10.0. The number of benzene rings is 1. The van der Waals surface area contributed by atoms with Crippen molar-refractivity contribution in [1.82, 2.24) is 0 Å². The summed E-state index contributed by atoms with van der Waals surface area (Å²) in [4.78, 5) is 1.06. The Labute approximate surface area is 126 Å². The van der Waals surface area contributed by atoms with Crippen molar-refractivity contribution in [2.45, 2.75) is 13.0 Å². The molecular formula is C12H10Br2ClNS. The number of hydrogen-bond acceptors (Lipinski definition) is 2. The Kier molecular flexibility index (Phi) is 4.31. The maximum Gasteiger partial charge on any atom is 0.107 e. The van der Waals surface area contributed by atoms with Crippen LogP contribution in [0.1, 0.15) is 22.0 Å². The molecule has 2 rings (SSSR count). The van der Waals surface area contributed by atoms with Crippen molar-refractivity contribution in [3.05, 3.63) is 53.6 Å². The van der Waals surface area contributed by atoms with Gasteiger partial charge in [-0.3, -0.25) is 0 Å². The molecule has 1 nitrogen and oxygen atoms in total. The Morgan fingerprint density at radius 1 is 1.29 bits per heavy atom. The second kappa shape index (κ2) is 5.41. The molecule has 0 aliphatic rings. The van der Waals surface area contributed by atoms with E-state index in [1.165, 1.54) is 16.9 Å². The van der Waals surface area contributed by atoms with E-state index in [1.54, 1.807) is 0 Å². The van der Waals surface area contributed by atoms with Gasteiger partial charge in [-0.2, -0.15) is 0 Å². The third kappa shape index (κ3) is 2.93. The zero-order valence-electron chi connectivity index (χ0n) is 9.01. The fourth-order valence-electron chi connectivity index (χ4n) is 1.66. The number of nitrogens with two attached hydrogens (primary N) is 1. The third-order valence-corrected chi connectivity index (χ3v) is 5.59. The van der Waals surface area contributed by atoms with Gasteiger partial charge in [-0.15, -0.1) is 11.3 Å². The van der Waals surface area contributed by atoms with E-state index in [0.717, 1.165) is 23.7 Å². The van der Waals surface area contributed by atoms with Crippen LogP contribution in [0.15, 0.2) is 33.2 Å². The van der Waals surface area contributed by atoms with E-state index in [9.17, 15) is 0 Å². The van der Waals surface area contributed by atoms with Gasteiger partial charge in [0.05, 0.1) is 6.04 Å². The summed E-state index contributed by atoms with van der Waals surface area (Å²) in [7, 11) is 0. The van der Waals surface area contributed by atoms with Crippen LogP contribution < -0.4 is 5.73 Å². The summed E-state index contributed by atoms with van der Waals surface area (Å²) < 4.78 is 2.71. The predicted octanol–water partition coefficient (Wildman–Crippen LogP) is 5.28. The monoisotopic (exact) mass is 393 g/mol. The summed E-state index contributed by atoms with van der Waals surface area (Å²) in [6.07, 6.45) is 0. The van der Waals surface area contributed by atoms with Crippen LogP contribution >= 0.6 is 54.8 Å². The van der Waals surface area contributed by atoms with E-state index < -0.39 is 0 Å².